The fraction of sp³-hybridized carbons (Fsp3) is 0.586. The third kappa shape index (κ3) is 6.77. The van der Waals surface area contributed by atoms with Crippen molar-refractivity contribution in [3.8, 4) is 5.88 Å². The third-order valence-electron chi connectivity index (χ3n) is 7.11. The number of carbonyl (C=O) groups is 1. The van der Waals surface area contributed by atoms with Crippen molar-refractivity contribution in [3.05, 3.63) is 59.3 Å². The second-order valence-electron chi connectivity index (χ2n) is 11.5. The molecule has 196 valence electrons. The van der Waals surface area contributed by atoms with Crippen LogP contribution in [0.1, 0.15) is 76.1 Å². The minimum absolute atomic E-state index is 0.0242. The third-order valence-corrected chi connectivity index (χ3v) is 7.11. The number of hydrogen-bond acceptors (Lipinski definition) is 6. The van der Waals surface area contributed by atoms with Crippen LogP contribution in [0.4, 0.5) is 4.79 Å². The van der Waals surface area contributed by atoms with Crippen molar-refractivity contribution < 1.29 is 19.4 Å². The summed E-state index contributed by atoms with van der Waals surface area (Å²) in [4.78, 5) is 16.9. The van der Waals surface area contributed by atoms with Crippen LogP contribution in [-0.2, 0) is 17.6 Å². The minimum atomic E-state index is -0.802. The quantitative estimate of drug-likeness (QED) is 0.466. The molecule has 36 heavy (non-hydrogen) atoms. The molecular weight excluding hydrogens is 454 g/mol. The highest BCUT2D eigenvalue weighted by molar-refractivity contribution is 5.67. The lowest BCUT2D eigenvalue weighted by Gasteiger charge is -2.47. The highest BCUT2D eigenvalue weighted by Crippen LogP contribution is 2.48. The van der Waals surface area contributed by atoms with Crippen LogP contribution in [0.25, 0.3) is 0 Å². The lowest BCUT2D eigenvalue weighted by atomic mass is 9.73. The molecule has 1 aliphatic carbocycles. The highest BCUT2D eigenvalue weighted by Gasteiger charge is 2.46. The van der Waals surface area contributed by atoms with Crippen LogP contribution in [-0.4, -0.2) is 47.1 Å². The first-order valence-electron chi connectivity index (χ1n) is 13.2. The first-order chi connectivity index (χ1) is 17.2. The molecule has 7 heteroatoms. The van der Waals surface area contributed by atoms with Crippen LogP contribution in [0.15, 0.2) is 42.6 Å². The number of hydrogen-bond donors (Lipinski definition) is 3. The molecular formula is C29H41N3O4. The van der Waals surface area contributed by atoms with Gasteiger partial charge in [-0.3, -0.25) is 0 Å². The number of aliphatic hydroxyl groups is 1. The number of rotatable bonds is 9. The summed E-state index contributed by atoms with van der Waals surface area (Å²) in [6, 6.07) is 11.6. The highest BCUT2D eigenvalue weighted by atomic mass is 16.5. The second-order valence-corrected chi connectivity index (χ2v) is 11.5. The van der Waals surface area contributed by atoms with Gasteiger partial charge < -0.3 is 25.2 Å². The number of nitrogens with one attached hydrogen (secondary N) is 2. The standard InChI is InChI=1S/C29H41N3O4/c1-5-35-27(34)32-23(15-20-10-7-6-8-11-20)25(33)19-30-24-17-29(12-9-13-29)36-26-22(24)14-21(18-31-26)16-28(2,3)4/h6-8,10-11,14,18,23-25,30,33H,5,9,12-13,15-17,19H2,1-4H3,(H,32,34)/t23-,24-,25+/m0/s1. The van der Waals surface area contributed by atoms with E-state index in [-0.39, 0.29) is 23.7 Å². The van der Waals surface area contributed by atoms with Crippen LogP contribution in [0.5, 0.6) is 5.88 Å². The van der Waals surface area contributed by atoms with Gasteiger partial charge in [0, 0.05) is 30.8 Å². The lowest BCUT2D eigenvalue weighted by molar-refractivity contribution is -0.0421. The van der Waals surface area contributed by atoms with Crippen LogP contribution < -0.4 is 15.4 Å². The number of aliphatic hydroxyl groups excluding tert-OH is 1. The number of pyridine rings is 1. The molecule has 1 aromatic carbocycles. The van der Waals surface area contributed by atoms with Gasteiger partial charge in [0.2, 0.25) is 5.88 Å². The number of nitrogens with zero attached hydrogens (tertiary/aromatic N) is 1. The molecule has 0 bridgehead atoms. The van der Waals surface area contributed by atoms with Crippen molar-refractivity contribution in [1.82, 2.24) is 15.6 Å². The normalized spacial score (nSPS) is 20.0. The molecule has 1 spiro atoms. The summed E-state index contributed by atoms with van der Waals surface area (Å²) in [6.45, 7) is 9.05. The number of fused-ring (bicyclic) bond motifs is 1. The number of benzene rings is 1. The zero-order valence-electron chi connectivity index (χ0n) is 22.0. The van der Waals surface area contributed by atoms with Gasteiger partial charge in [-0.25, -0.2) is 9.78 Å². The Hall–Kier alpha value is -2.64. The monoisotopic (exact) mass is 495 g/mol. The largest absolute Gasteiger partial charge is 0.471 e. The van der Waals surface area contributed by atoms with Crippen molar-refractivity contribution in [3.63, 3.8) is 0 Å². The molecule has 1 aromatic heterocycles. The number of alkyl carbamates (subject to hydrolysis) is 1. The zero-order chi connectivity index (χ0) is 25.8. The van der Waals surface area contributed by atoms with Gasteiger partial charge >= 0.3 is 6.09 Å². The summed E-state index contributed by atoms with van der Waals surface area (Å²) >= 11 is 0. The Bertz CT molecular complexity index is 1020. The fourth-order valence-electron chi connectivity index (χ4n) is 5.23. The van der Waals surface area contributed by atoms with E-state index in [0.717, 1.165) is 43.2 Å². The molecule has 0 unspecified atom stereocenters. The Morgan fingerprint density at radius 2 is 2.00 bits per heavy atom. The Morgan fingerprint density at radius 1 is 1.25 bits per heavy atom. The molecule has 2 aliphatic rings. The van der Waals surface area contributed by atoms with Crippen LogP contribution >= 0.6 is 0 Å². The van der Waals surface area contributed by atoms with Crippen LogP contribution in [0.3, 0.4) is 0 Å². The zero-order valence-corrected chi connectivity index (χ0v) is 22.0. The Labute approximate surface area is 215 Å². The van der Waals surface area contributed by atoms with Crippen molar-refractivity contribution in [2.24, 2.45) is 5.41 Å². The summed E-state index contributed by atoms with van der Waals surface area (Å²) in [5.74, 6) is 0.705. The maximum absolute atomic E-state index is 12.2. The maximum Gasteiger partial charge on any atom is 0.407 e. The Balaban J connectivity index is 1.50. The smallest absolute Gasteiger partial charge is 0.407 e. The van der Waals surface area contributed by atoms with E-state index in [0.29, 0.717) is 18.8 Å². The molecule has 7 nitrogen and oxygen atoms in total. The van der Waals surface area contributed by atoms with Crippen LogP contribution in [0.2, 0.25) is 0 Å². The maximum atomic E-state index is 12.2. The van der Waals surface area contributed by atoms with Gasteiger partial charge in [0.25, 0.3) is 0 Å². The van der Waals surface area contributed by atoms with Gasteiger partial charge in [0.15, 0.2) is 0 Å². The molecule has 1 amide bonds. The summed E-state index contributed by atoms with van der Waals surface area (Å²) in [7, 11) is 0. The van der Waals surface area contributed by atoms with Crippen molar-refractivity contribution in [2.75, 3.05) is 13.2 Å². The van der Waals surface area contributed by atoms with Gasteiger partial charge in [-0.15, -0.1) is 0 Å². The van der Waals surface area contributed by atoms with Gasteiger partial charge in [-0.2, -0.15) is 0 Å². The number of carbonyl (C=O) groups excluding carboxylic acids is 1. The van der Waals surface area contributed by atoms with Gasteiger partial charge in [-0.05, 0) is 61.6 Å². The van der Waals surface area contributed by atoms with E-state index in [1.807, 2.05) is 36.5 Å². The molecule has 3 atom stereocenters. The molecule has 3 N–H and O–H groups in total. The predicted octanol–water partition coefficient (Wildman–Crippen LogP) is 4.72. The Kier molecular flexibility index (Phi) is 8.20. The van der Waals surface area contributed by atoms with Crippen molar-refractivity contribution >= 4 is 6.09 Å². The summed E-state index contributed by atoms with van der Waals surface area (Å²) < 4.78 is 11.5. The molecule has 0 saturated heterocycles. The number of aromatic nitrogens is 1. The van der Waals surface area contributed by atoms with E-state index in [9.17, 15) is 9.90 Å². The average Bonchev–Trinajstić information content (AvgIpc) is 2.80. The van der Waals surface area contributed by atoms with Gasteiger partial charge in [-0.1, -0.05) is 51.1 Å². The fourth-order valence-corrected chi connectivity index (χ4v) is 5.23. The van der Waals surface area contributed by atoms with E-state index in [4.69, 9.17) is 14.5 Å². The molecule has 1 saturated carbocycles. The minimum Gasteiger partial charge on any atom is -0.471 e. The molecule has 1 fully saturated rings. The van der Waals surface area contributed by atoms with Gasteiger partial charge in [0.1, 0.15) is 5.60 Å². The van der Waals surface area contributed by atoms with E-state index in [1.165, 1.54) is 5.56 Å². The second kappa shape index (κ2) is 11.2. The lowest BCUT2D eigenvalue weighted by Crippen LogP contribution is -2.52. The first kappa shape index (κ1) is 26.4. The molecule has 2 aromatic rings. The Morgan fingerprint density at radius 3 is 2.64 bits per heavy atom. The molecule has 2 heterocycles. The number of amides is 1. The topological polar surface area (TPSA) is 92.7 Å². The summed E-state index contributed by atoms with van der Waals surface area (Å²) in [5.41, 5.74) is 3.27. The van der Waals surface area contributed by atoms with Crippen LogP contribution in [0, 0.1) is 5.41 Å². The molecule has 0 radical (unpaired) electrons. The molecule has 4 rings (SSSR count). The van der Waals surface area contributed by atoms with Gasteiger partial charge in [0.05, 0.1) is 18.8 Å². The van der Waals surface area contributed by atoms with Crippen molar-refractivity contribution in [2.45, 2.75) is 90.0 Å². The predicted molar refractivity (Wildman–Crippen MR) is 140 cm³/mol. The number of ether oxygens (including phenoxy) is 2. The first-order valence-corrected chi connectivity index (χ1v) is 13.2. The van der Waals surface area contributed by atoms with E-state index in [2.05, 4.69) is 37.5 Å². The summed E-state index contributed by atoms with van der Waals surface area (Å²) in [6.07, 6.45) is 6.12. The van der Waals surface area contributed by atoms with E-state index >= 15 is 0 Å². The van der Waals surface area contributed by atoms with E-state index < -0.39 is 18.2 Å². The van der Waals surface area contributed by atoms with E-state index in [1.54, 1.807) is 6.92 Å². The summed E-state index contributed by atoms with van der Waals surface area (Å²) in [5, 5.41) is 17.7. The SMILES string of the molecule is CCOC(=O)N[C@@H](Cc1ccccc1)[C@H](O)CN[C@H]1CC2(CCC2)Oc2ncc(CC(C)(C)C)cc21. The molecule has 1 aliphatic heterocycles. The van der Waals surface area contributed by atoms with Crippen molar-refractivity contribution in [1.29, 1.82) is 0 Å². The average molecular weight is 496 g/mol.